The van der Waals surface area contributed by atoms with Crippen LogP contribution >= 0.6 is 11.6 Å². The van der Waals surface area contributed by atoms with Crippen molar-refractivity contribution in [1.82, 2.24) is 20.0 Å². The first kappa shape index (κ1) is 25.6. The van der Waals surface area contributed by atoms with Crippen LogP contribution in [-0.4, -0.2) is 45.4 Å². The Kier molecular flexibility index (Phi) is 8.17. The largest absolute Gasteiger partial charge is 0.467 e. The van der Waals surface area contributed by atoms with E-state index in [2.05, 4.69) is 20.3 Å². The molecule has 2 amide bonds. The summed E-state index contributed by atoms with van der Waals surface area (Å²) in [6, 6.07) is 5.97. The lowest BCUT2D eigenvalue weighted by Gasteiger charge is -2.23. The molecular weight excluding hydrogens is 484 g/mol. The van der Waals surface area contributed by atoms with Gasteiger partial charge in [-0.15, -0.1) is 0 Å². The van der Waals surface area contributed by atoms with E-state index in [0.29, 0.717) is 17.8 Å². The van der Waals surface area contributed by atoms with Crippen molar-refractivity contribution in [2.45, 2.75) is 44.9 Å². The monoisotopic (exact) mass is 512 g/mol. The minimum absolute atomic E-state index is 0.0894. The fraction of sp³-hybridized carbons (Fsp3) is 0.400. The number of amides is 2. The molecule has 1 fully saturated rings. The quantitative estimate of drug-likeness (QED) is 0.236. The number of anilines is 1. The Hall–Kier alpha value is -3.50. The number of nitrogens with zero attached hydrogens (tertiary/aromatic N) is 3. The number of benzene rings is 1. The van der Waals surface area contributed by atoms with Gasteiger partial charge in [-0.25, -0.2) is 10.8 Å². The van der Waals surface area contributed by atoms with Crippen molar-refractivity contribution < 1.29 is 14.3 Å². The van der Waals surface area contributed by atoms with Crippen molar-refractivity contribution >= 4 is 40.1 Å². The van der Waals surface area contributed by atoms with Gasteiger partial charge in [-0.05, 0) is 43.0 Å². The molecule has 2 heterocycles. The predicted octanol–water partition coefficient (Wildman–Crippen LogP) is 3.91. The van der Waals surface area contributed by atoms with E-state index in [4.69, 9.17) is 22.2 Å². The van der Waals surface area contributed by atoms with Gasteiger partial charge in [0.25, 0.3) is 17.4 Å². The van der Waals surface area contributed by atoms with E-state index in [-0.39, 0.29) is 39.4 Å². The summed E-state index contributed by atoms with van der Waals surface area (Å²) in [5.74, 6) is 5.68. The number of aromatic nitrogens is 3. The van der Waals surface area contributed by atoms with Crippen LogP contribution in [0, 0.1) is 5.92 Å². The number of nitrogens with one attached hydrogen (secondary N) is 2. The third-order valence-corrected chi connectivity index (χ3v) is 6.79. The minimum atomic E-state index is -0.697. The molecule has 190 valence electrons. The van der Waals surface area contributed by atoms with Crippen LogP contribution < -0.4 is 21.5 Å². The van der Waals surface area contributed by atoms with Crippen molar-refractivity contribution in [2.75, 3.05) is 19.0 Å². The van der Waals surface area contributed by atoms with Gasteiger partial charge in [-0.3, -0.25) is 19.4 Å². The van der Waals surface area contributed by atoms with Gasteiger partial charge in [0.1, 0.15) is 11.2 Å². The molecule has 0 atom stereocenters. The van der Waals surface area contributed by atoms with Crippen molar-refractivity contribution in [3.63, 3.8) is 0 Å². The van der Waals surface area contributed by atoms with Gasteiger partial charge in [0.2, 0.25) is 0 Å². The molecule has 0 bridgehead atoms. The van der Waals surface area contributed by atoms with E-state index in [9.17, 15) is 14.4 Å². The number of hydrogen-bond acceptors (Lipinski definition) is 7. The minimum Gasteiger partial charge on any atom is -0.467 e. The summed E-state index contributed by atoms with van der Waals surface area (Å²) >= 11 is 6.26. The van der Waals surface area contributed by atoms with Crippen molar-refractivity contribution in [3.05, 3.63) is 57.0 Å². The number of rotatable bonds is 8. The molecule has 1 aliphatic rings. The van der Waals surface area contributed by atoms with E-state index in [0.717, 1.165) is 12.8 Å². The van der Waals surface area contributed by atoms with Crippen LogP contribution in [-0.2, 0) is 0 Å². The van der Waals surface area contributed by atoms with Gasteiger partial charge in [-0.1, -0.05) is 43.7 Å². The molecule has 0 unspecified atom stereocenters. The lowest BCUT2D eigenvalue weighted by atomic mass is 9.86. The van der Waals surface area contributed by atoms with Crippen LogP contribution in [0.25, 0.3) is 11.0 Å². The molecule has 0 radical (unpaired) electrons. The summed E-state index contributed by atoms with van der Waals surface area (Å²) < 4.78 is 4.95. The highest BCUT2D eigenvalue weighted by Gasteiger charge is 2.19. The Bertz CT molecular complexity index is 1320. The number of halogens is 1. The van der Waals surface area contributed by atoms with Gasteiger partial charge in [0.05, 0.1) is 17.8 Å². The van der Waals surface area contributed by atoms with Gasteiger partial charge in [0, 0.05) is 23.7 Å². The maximum Gasteiger partial charge on any atom is 0.318 e. The Balaban J connectivity index is 1.44. The number of pyridine rings is 1. The van der Waals surface area contributed by atoms with Gasteiger partial charge < -0.3 is 15.0 Å². The number of H-pyrrole nitrogens is 1. The van der Waals surface area contributed by atoms with Crippen LogP contribution in [0.2, 0.25) is 5.02 Å². The third-order valence-electron chi connectivity index (χ3n) is 6.46. The highest BCUT2D eigenvalue weighted by atomic mass is 35.5. The average molecular weight is 513 g/mol. The molecule has 4 N–H and O–H groups in total. The Labute approximate surface area is 213 Å². The fourth-order valence-electron chi connectivity index (χ4n) is 4.48. The van der Waals surface area contributed by atoms with E-state index < -0.39 is 11.5 Å². The number of fused-ring (bicyclic) bond motifs is 1. The smallest absolute Gasteiger partial charge is 0.318 e. The summed E-state index contributed by atoms with van der Waals surface area (Å²) in [5, 5.41) is 4.46. The first-order valence-corrected chi connectivity index (χ1v) is 12.3. The predicted molar refractivity (Wildman–Crippen MR) is 137 cm³/mol. The van der Waals surface area contributed by atoms with E-state index in [1.54, 1.807) is 6.07 Å². The highest BCUT2D eigenvalue weighted by Crippen LogP contribution is 2.28. The Morgan fingerprint density at radius 1 is 1.25 bits per heavy atom. The molecule has 4 rings (SSSR count). The van der Waals surface area contributed by atoms with E-state index in [1.165, 1.54) is 68.6 Å². The van der Waals surface area contributed by atoms with Crippen molar-refractivity contribution in [3.8, 4) is 6.01 Å². The second kappa shape index (κ2) is 11.5. The zero-order valence-electron chi connectivity index (χ0n) is 20.1. The number of ether oxygens (including phenoxy) is 1. The fourth-order valence-corrected chi connectivity index (χ4v) is 4.65. The van der Waals surface area contributed by atoms with Gasteiger partial charge in [-0.2, -0.15) is 4.98 Å². The number of hydrogen-bond donors (Lipinski definition) is 3. The van der Waals surface area contributed by atoms with E-state index in [1.807, 2.05) is 0 Å². The Morgan fingerprint density at radius 3 is 2.78 bits per heavy atom. The number of carbonyl (C=O) groups excluding carboxylic acids is 2. The summed E-state index contributed by atoms with van der Waals surface area (Å²) in [5.41, 5.74) is -0.0978. The SMILES string of the molecule is COc1ncc2cc(C(=O)Nc3cc(C(=O)N(N)CCCC4CCCCC4)ccc3Cl)c(=O)[nH]c2n1. The first-order valence-electron chi connectivity index (χ1n) is 12.0. The maximum absolute atomic E-state index is 12.9. The second-order valence-electron chi connectivity index (χ2n) is 8.97. The lowest BCUT2D eigenvalue weighted by molar-refractivity contribution is 0.0749. The highest BCUT2D eigenvalue weighted by molar-refractivity contribution is 6.34. The van der Waals surface area contributed by atoms with Crippen LogP contribution in [0.15, 0.2) is 35.3 Å². The number of hydrazine groups is 1. The molecule has 1 aliphatic carbocycles. The van der Waals surface area contributed by atoms with Crippen molar-refractivity contribution in [1.29, 1.82) is 0 Å². The molecule has 0 saturated heterocycles. The lowest BCUT2D eigenvalue weighted by Crippen LogP contribution is -2.38. The summed E-state index contributed by atoms with van der Waals surface area (Å²) in [6.07, 6.45) is 9.70. The number of methoxy groups -OCH3 is 1. The standard InChI is InChI=1S/C25H29ClN6O4/c1-36-25-28-14-17-12-18(23(34)30-21(17)31-25)22(33)29-20-13-16(9-10-19(20)26)24(35)32(27)11-5-8-15-6-3-2-4-7-15/h9-10,12-15H,2-8,11,27H2,1H3,(H,29,33)(H,28,30,31,34). The third kappa shape index (κ3) is 6.00. The topological polar surface area (TPSA) is 143 Å². The zero-order valence-corrected chi connectivity index (χ0v) is 20.8. The molecule has 2 aromatic heterocycles. The van der Waals surface area contributed by atoms with Crippen LogP contribution in [0.3, 0.4) is 0 Å². The van der Waals surface area contributed by atoms with Crippen molar-refractivity contribution in [2.24, 2.45) is 11.8 Å². The zero-order chi connectivity index (χ0) is 25.7. The number of carbonyl (C=O) groups is 2. The second-order valence-corrected chi connectivity index (χ2v) is 9.37. The van der Waals surface area contributed by atoms with Crippen LogP contribution in [0.1, 0.15) is 65.7 Å². The van der Waals surface area contributed by atoms with Gasteiger partial charge >= 0.3 is 6.01 Å². The van der Waals surface area contributed by atoms with Crippen LogP contribution in [0.5, 0.6) is 6.01 Å². The molecule has 1 saturated carbocycles. The van der Waals surface area contributed by atoms with Crippen LogP contribution in [0.4, 0.5) is 5.69 Å². The molecule has 0 spiro atoms. The summed E-state index contributed by atoms with van der Waals surface area (Å²) in [7, 11) is 1.41. The first-order chi connectivity index (χ1) is 17.4. The number of aromatic amines is 1. The molecule has 1 aromatic carbocycles. The Morgan fingerprint density at radius 2 is 2.03 bits per heavy atom. The molecule has 11 heteroatoms. The maximum atomic E-state index is 12.9. The van der Waals surface area contributed by atoms with E-state index >= 15 is 0 Å². The normalized spacial score (nSPS) is 14.0. The summed E-state index contributed by atoms with van der Waals surface area (Å²) in [6.45, 7) is 0.443. The molecule has 0 aliphatic heterocycles. The average Bonchev–Trinajstić information content (AvgIpc) is 2.89. The number of nitrogens with two attached hydrogens (primary N) is 1. The molecule has 10 nitrogen and oxygen atoms in total. The van der Waals surface area contributed by atoms with Gasteiger partial charge in [0.15, 0.2) is 0 Å². The molecular formula is C25H29ClN6O4. The molecule has 3 aromatic rings. The summed E-state index contributed by atoms with van der Waals surface area (Å²) in [4.78, 5) is 48.8. The molecule has 36 heavy (non-hydrogen) atoms.